The zero-order valence-corrected chi connectivity index (χ0v) is 12.6. The van der Waals surface area contributed by atoms with Gasteiger partial charge in [0.15, 0.2) is 0 Å². The molecule has 3 rings (SSSR count). The summed E-state index contributed by atoms with van der Waals surface area (Å²) in [5, 5.41) is 13.5. The van der Waals surface area contributed by atoms with Gasteiger partial charge in [-0.3, -0.25) is 4.79 Å². The van der Waals surface area contributed by atoms with Gasteiger partial charge in [0.25, 0.3) is 5.91 Å². The second-order valence-corrected chi connectivity index (χ2v) is 5.66. The van der Waals surface area contributed by atoms with Crippen LogP contribution in [0.4, 0.5) is 4.39 Å². The van der Waals surface area contributed by atoms with Crippen LogP contribution in [0.3, 0.4) is 0 Å². The minimum Gasteiger partial charge on any atom is -0.391 e. The van der Waals surface area contributed by atoms with Gasteiger partial charge in [-0.05, 0) is 25.5 Å². The zero-order valence-electron chi connectivity index (χ0n) is 11.8. The Bertz CT molecular complexity index is 711. The molecule has 1 aliphatic rings. The van der Waals surface area contributed by atoms with Gasteiger partial charge in [0.05, 0.1) is 16.7 Å². The van der Waals surface area contributed by atoms with Crippen molar-refractivity contribution in [1.29, 1.82) is 0 Å². The summed E-state index contributed by atoms with van der Waals surface area (Å²) in [6.07, 6.45) is -0.0177. The van der Waals surface area contributed by atoms with Crippen molar-refractivity contribution in [3.63, 3.8) is 0 Å². The number of aliphatic hydroxyl groups excluding tert-OH is 1. The van der Waals surface area contributed by atoms with Gasteiger partial charge in [0, 0.05) is 13.1 Å². The van der Waals surface area contributed by atoms with E-state index in [0.29, 0.717) is 18.7 Å². The average Bonchev–Trinajstić information content (AvgIpc) is 3.05. The van der Waals surface area contributed by atoms with E-state index in [0.717, 1.165) is 0 Å². The molecule has 22 heavy (non-hydrogen) atoms. The highest BCUT2D eigenvalue weighted by molar-refractivity contribution is 6.33. The largest absolute Gasteiger partial charge is 0.391 e. The number of carbonyl (C=O) groups excluding carboxylic acids is 1. The first kappa shape index (κ1) is 15.0. The lowest BCUT2D eigenvalue weighted by atomic mass is 10.0. The molecule has 2 aromatic rings. The molecule has 1 atom stereocenters. The van der Waals surface area contributed by atoms with Gasteiger partial charge in [-0.1, -0.05) is 22.8 Å². The number of nitrogens with zero attached hydrogens (tertiary/aromatic N) is 2. The second-order valence-electron chi connectivity index (χ2n) is 5.25. The Hall–Kier alpha value is -1.92. The van der Waals surface area contributed by atoms with E-state index in [-0.39, 0.29) is 34.3 Å². The van der Waals surface area contributed by atoms with Crippen LogP contribution in [0.1, 0.15) is 22.5 Å². The van der Waals surface area contributed by atoms with E-state index in [1.807, 2.05) is 0 Å². The number of aromatic nitrogens is 1. The molecule has 2 heterocycles. The number of amides is 1. The van der Waals surface area contributed by atoms with E-state index >= 15 is 0 Å². The van der Waals surface area contributed by atoms with Gasteiger partial charge in [-0.25, -0.2) is 4.39 Å². The Morgan fingerprint density at radius 3 is 2.95 bits per heavy atom. The molecule has 1 aromatic heterocycles. The van der Waals surface area contributed by atoms with Crippen LogP contribution in [0.15, 0.2) is 22.7 Å². The lowest BCUT2D eigenvalue weighted by Gasteiger charge is -2.15. The van der Waals surface area contributed by atoms with Gasteiger partial charge in [-0.15, -0.1) is 0 Å². The van der Waals surface area contributed by atoms with Crippen LogP contribution >= 0.6 is 11.6 Å². The first-order valence-corrected chi connectivity index (χ1v) is 7.25. The number of likely N-dealkylation sites (tertiary alicyclic amines) is 1. The predicted octanol–water partition coefficient (Wildman–Crippen LogP) is 2.65. The monoisotopic (exact) mass is 324 g/mol. The molecule has 1 fully saturated rings. The molecule has 1 N–H and O–H groups in total. The zero-order chi connectivity index (χ0) is 15.9. The highest BCUT2D eigenvalue weighted by Gasteiger charge is 2.32. The van der Waals surface area contributed by atoms with Crippen LogP contribution in [0.5, 0.6) is 0 Å². The minimum atomic E-state index is -0.573. The van der Waals surface area contributed by atoms with Crippen LogP contribution in [-0.4, -0.2) is 40.3 Å². The number of aliphatic hydroxyl groups is 1. The van der Waals surface area contributed by atoms with Crippen LogP contribution in [0.2, 0.25) is 5.02 Å². The topological polar surface area (TPSA) is 66.6 Å². The third-order valence-corrected chi connectivity index (χ3v) is 4.04. The molecule has 1 saturated heterocycles. The number of hydrogen-bond donors (Lipinski definition) is 1. The molecule has 1 amide bonds. The van der Waals surface area contributed by atoms with Crippen molar-refractivity contribution in [2.45, 2.75) is 19.4 Å². The molecule has 0 aliphatic carbocycles. The molecular formula is C15H14ClFN2O3. The number of β-amino-alcohol motifs (C(OH)–C–C–N with tert-alkyl or cyclic N) is 1. The molecule has 0 saturated carbocycles. The maximum Gasteiger partial charge on any atom is 0.259 e. The Morgan fingerprint density at radius 2 is 2.32 bits per heavy atom. The van der Waals surface area contributed by atoms with Gasteiger partial charge in [-0.2, -0.15) is 0 Å². The third-order valence-electron chi connectivity index (χ3n) is 3.73. The van der Waals surface area contributed by atoms with E-state index < -0.39 is 11.9 Å². The van der Waals surface area contributed by atoms with E-state index in [1.54, 1.807) is 6.92 Å². The first-order chi connectivity index (χ1) is 10.5. The molecule has 5 nitrogen and oxygen atoms in total. The quantitative estimate of drug-likeness (QED) is 0.922. The maximum absolute atomic E-state index is 14.1. The fourth-order valence-corrected chi connectivity index (χ4v) is 2.86. The van der Waals surface area contributed by atoms with Crippen molar-refractivity contribution >= 4 is 17.5 Å². The van der Waals surface area contributed by atoms with Gasteiger partial charge >= 0.3 is 0 Å². The van der Waals surface area contributed by atoms with Crippen LogP contribution in [-0.2, 0) is 0 Å². The number of benzene rings is 1. The number of aryl methyl sites for hydroxylation is 1. The number of rotatable bonds is 2. The molecular weight excluding hydrogens is 311 g/mol. The Labute approximate surface area is 131 Å². The summed E-state index contributed by atoms with van der Waals surface area (Å²) in [6.45, 7) is 2.27. The molecule has 0 spiro atoms. The predicted molar refractivity (Wildman–Crippen MR) is 78.2 cm³/mol. The number of carbonyl (C=O) groups is 1. The fourth-order valence-electron chi connectivity index (χ4n) is 2.60. The van der Waals surface area contributed by atoms with Crippen molar-refractivity contribution in [2.24, 2.45) is 0 Å². The van der Waals surface area contributed by atoms with E-state index in [4.69, 9.17) is 16.1 Å². The summed E-state index contributed by atoms with van der Waals surface area (Å²) in [6, 6.07) is 4.25. The SMILES string of the molecule is Cc1onc(-c2c(F)cccc2Cl)c1C(=O)N1CC[C@H](O)C1. The summed E-state index contributed by atoms with van der Waals surface area (Å²) >= 11 is 6.05. The Morgan fingerprint density at radius 1 is 1.55 bits per heavy atom. The molecule has 1 aliphatic heterocycles. The molecule has 0 radical (unpaired) electrons. The standard InChI is InChI=1S/C15H14ClFN2O3/c1-8-12(15(21)19-6-5-9(20)7-19)14(18-22-8)13-10(16)3-2-4-11(13)17/h2-4,9,20H,5-7H2,1H3/t9-/m0/s1. The number of hydrogen-bond acceptors (Lipinski definition) is 4. The van der Waals surface area contributed by atoms with Gasteiger partial charge in [0.2, 0.25) is 0 Å². The molecule has 1 aromatic carbocycles. The van der Waals surface area contributed by atoms with Crippen molar-refractivity contribution in [3.05, 3.63) is 40.4 Å². The normalized spacial score (nSPS) is 18.0. The maximum atomic E-state index is 14.1. The highest BCUT2D eigenvalue weighted by Crippen LogP contribution is 2.34. The van der Waals surface area contributed by atoms with Crippen molar-refractivity contribution in [3.8, 4) is 11.3 Å². The first-order valence-electron chi connectivity index (χ1n) is 6.87. The minimum absolute atomic E-state index is 0.0455. The lowest BCUT2D eigenvalue weighted by Crippen LogP contribution is -2.30. The lowest BCUT2D eigenvalue weighted by molar-refractivity contribution is 0.0764. The highest BCUT2D eigenvalue weighted by atomic mass is 35.5. The van der Waals surface area contributed by atoms with Gasteiger partial charge in [0.1, 0.15) is 22.8 Å². The third kappa shape index (κ3) is 2.48. The van der Waals surface area contributed by atoms with Crippen molar-refractivity contribution in [1.82, 2.24) is 10.1 Å². The Kier molecular flexibility index (Phi) is 3.88. The van der Waals surface area contributed by atoms with Crippen LogP contribution < -0.4 is 0 Å². The van der Waals surface area contributed by atoms with E-state index in [9.17, 15) is 14.3 Å². The fraction of sp³-hybridized carbons (Fsp3) is 0.333. The molecule has 0 bridgehead atoms. The van der Waals surface area contributed by atoms with E-state index in [1.165, 1.54) is 23.1 Å². The second kappa shape index (κ2) is 5.70. The smallest absolute Gasteiger partial charge is 0.259 e. The van der Waals surface area contributed by atoms with Crippen LogP contribution in [0.25, 0.3) is 11.3 Å². The summed E-state index contributed by atoms with van der Waals surface area (Å²) in [4.78, 5) is 14.1. The Balaban J connectivity index is 2.07. The molecule has 116 valence electrons. The van der Waals surface area contributed by atoms with Gasteiger partial charge < -0.3 is 14.5 Å². The molecule has 7 heteroatoms. The van der Waals surface area contributed by atoms with Crippen molar-refractivity contribution < 1.29 is 18.8 Å². The molecule has 0 unspecified atom stereocenters. The summed E-state index contributed by atoms with van der Waals surface area (Å²) in [5.74, 6) is -0.623. The van der Waals surface area contributed by atoms with E-state index in [2.05, 4.69) is 5.16 Å². The van der Waals surface area contributed by atoms with Crippen molar-refractivity contribution in [2.75, 3.05) is 13.1 Å². The summed E-state index contributed by atoms with van der Waals surface area (Å²) in [7, 11) is 0. The average molecular weight is 325 g/mol. The van der Waals surface area contributed by atoms with Crippen LogP contribution in [0, 0.1) is 12.7 Å². The summed E-state index contributed by atoms with van der Waals surface area (Å²) in [5.41, 5.74) is 0.317. The summed E-state index contributed by atoms with van der Waals surface area (Å²) < 4.78 is 19.2. The number of halogens is 2.